The highest BCUT2D eigenvalue weighted by Crippen LogP contribution is 2.28. The number of nitrogens with one attached hydrogen (secondary N) is 2. The van der Waals surface area contributed by atoms with Gasteiger partial charge in [0.15, 0.2) is 11.7 Å². The number of carbonyl (C=O) groups excluding carboxylic acids is 2. The number of hydrogen-bond acceptors (Lipinski definition) is 8. The second-order valence-corrected chi connectivity index (χ2v) is 12.3. The van der Waals surface area contributed by atoms with Crippen molar-refractivity contribution in [1.82, 2.24) is 4.98 Å². The lowest BCUT2D eigenvalue weighted by Gasteiger charge is -2.08. The molecular weight excluding hydrogens is 598 g/mol. The Morgan fingerprint density at radius 1 is 1.09 bits per heavy atom. The van der Waals surface area contributed by atoms with Gasteiger partial charge >= 0.3 is 5.97 Å². The standard InChI is InChI=1S/C22H15BrClN3O5S3/c23-15-3-1-2-14(10-15)17-12-33-22(25-17)26-19(28)11-32-21(29)13-4-6-16(7-5-13)27-35(30,31)20-9-8-18(24)34-20/h1-10,12,27H,11H2,(H,25,26,28). The highest BCUT2D eigenvalue weighted by molar-refractivity contribution is 9.10. The van der Waals surface area contributed by atoms with Crippen LogP contribution >= 0.6 is 50.2 Å². The average Bonchev–Trinajstić information content (AvgIpc) is 3.47. The number of nitrogens with zero attached hydrogens (tertiary/aromatic N) is 1. The normalized spacial score (nSPS) is 11.1. The lowest BCUT2D eigenvalue weighted by Crippen LogP contribution is -2.20. The Morgan fingerprint density at radius 3 is 2.54 bits per heavy atom. The monoisotopic (exact) mass is 611 g/mol. The molecule has 2 aromatic carbocycles. The van der Waals surface area contributed by atoms with Gasteiger partial charge in [-0.2, -0.15) is 0 Å². The number of aromatic nitrogens is 1. The molecular formula is C22H15BrClN3O5S3. The SMILES string of the molecule is O=C(COC(=O)c1ccc(NS(=O)(=O)c2ccc(Cl)s2)cc1)Nc1nc(-c2cccc(Br)c2)cs1. The molecule has 0 aliphatic rings. The van der Waals surface area contributed by atoms with E-state index in [-0.39, 0.29) is 15.5 Å². The van der Waals surface area contributed by atoms with Gasteiger partial charge in [-0.15, -0.1) is 22.7 Å². The van der Waals surface area contributed by atoms with Gasteiger partial charge in [0, 0.05) is 21.1 Å². The van der Waals surface area contributed by atoms with Crippen LogP contribution in [0, 0.1) is 0 Å². The predicted molar refractivity (Wildman–Crippen MR) is 141 cm³/mol. The van der Waals surface area contributed by atoms with E-state index in [1.807, 2.05) is 29.6 Å². The summed E-state index contributed by atoms with van der Waals surface area (Å²) < 4.78 is 33.5. The smallest absolute Gasteiger partial charge is 0.338 e. The fourth-order valence-electron chi connectivity index (χ4n) is 2.80. The molecule has 0 fully saturated rings. The topological polar surface area (TPSA) is 114 Å². The van der Waals surface area contributed by atoms with E-state index in [9.17, 15) is 18.0 Å². The van der Waals surface area contributed by atoms with Crippen molar-refractivity contribution in [2.45, 2.75) is 4.21 Å². The van der Waals surface area contributed by atoms with Crippen molar-refractivity contribution in [2.24, 2.45) is 0 Å². The Hall–Kier alpha value is -2.77. The molecule has 0 aliphatic carbocycles. The number of esters is 1. The quantitative estimate of drug-likeness (QED) is 0.240. The lowest BCUT2D eigenvalue weighted by atomic mass is 10.2. The third-order valence-corrected chi connectivity index (χ3v) is 8.75. The third-order valence-electron chi connectivity index (χ3n) is 4.39. The Bertz CT molecular complexity index is 1490. The molecule has 0 spiro atoms. The molecule has 1 amide bonds. The summed E-state index contributed by atoms with van der Waals surface area (Å²) >= 11 is 11.4. The van der Waals surface area contributed by atoms with Gasteiger partial charge in [-0.1, -0.05) is 39.7 Å². The van der Waals surface area contributed by atoms with Crippen molar-refractivity contribution >= 4 is 82.9 Å². The summed E-state index contributed by atoms with van der Waals surface area (Å²) in [7, 11) is -3.79. The minimum atomic E-state index is -3.79. The molecule has 0 bridgehead atoms. The molecule has 2 aromatic heterocycles. The van der Waals surface area contributed by atoms with Gasteiger partial charge in [0.05, 0.1) is 15.6 Å². The van der Waals surface area contributed by atoms with Crippen LogP contribution in [0.2, 0.25) is 4.34 Å². The molecule has 0 aliphatic heterocycles. The number of carbonyl (C=O) groups is 2. The van der Waals surface area contributed by atoms with E-state index in [0.29, 0.717) is 15.2 Å². The molecule has 2 N–H and O–H groups in total. The number of hydrogen-bond donors (Lipinski definition) is 2. The van der Waals surface area contributed by atoms with Gasteiger partial charge in [-0.3, -0.25) is 14.8 Å². The van der Waals surface area contributed by atoms with Crippen LogP contribution in [-0.2, 0) is 19.6 Å². The van der Waals surface area contributed by atoms with Crippen LogP contribution in [0.1, 0.15) is 10.4 Å². The number of benzene rings is 2. The maximum atomic E-state index is 12.4. The van der Waals surface area contributed by atoms with Gasteiger partial charge in [-0.25, -0.2) is 18.2 Å². The van der Waals surface area contributed by atoms with Crippen LogP contribution in [0.5, 0.6) is 0 Å². The number of halogens is 2. The number of thiazole rings is 1. The van der Waals surface area contributed by atoms with Crippen LogP contribution in [0.15, 0.2) is 74.7 Å². The summed E-state index contributed by atoms with van der Waals surface area (Å²) in [5.74, 6) is -1.26. The van der Waals surface area contributed by atoms with Crippen molar-refractivity contribution < 1.29 is 22.7 Å². The minimum absolute atomic E-state index is 0.0704. The molecule has 0 radical (unpaired) electrons. The molecule has 8 nitrogen and oxygen atoms in total. The van der Waals surface area contributed by atoms with Crippen molar-refractivity contribution in [1.29, 1.82) is 0 Å². The highest BCUT2D eigenvalue weighted by atomic mass is 79.9. The zero-order chi connectivity index (χ0) is 25.0. The van der Waals surface area contributed by atoms with Gasteiger partial charge < -0.3 is 4.74 Å². The van der Waals surface area contributed by atoms with Crippen LogP contribution < -0.4 is 10.0 Å². The largest absolute Gasteiger partial charge is 0.452 e. The number of anilines is 2. The number of thiophene rings is 1. The molecule has 180 valence electrons. The predicted octanol–water partition coefficient (Wildman–Crippen LogP) is 5.88. The van der Waals surface area contributed by atoms with Crippen molar-refractivity contribution in [3.63, 3.8) is 0 Å². The molecule has 35 heavy (non-hydrogen) atoms. The van der Waals surface area contributed by atoms with E-state index in [0.717, 1.165) is 21.4 Å². The third kappa shape index (κ3) is 6.67. The zero-order valence-corrected chi connectivity index (χ0v) is 22.3. The van der Waals surface area contributed by atoms with Gasteiger partial charge in [-0.05, 0) is 48.5 Å². The van der Waals surface area contributed by atoms with E-state index in [1.54, 1.807) is 0 Å². The number of ether oxygens (including phenoxy) is 1. The maximum Gasteiger partial charge on any atom is 0.338 e. The summed E-state index contributed by atoms with van der Waals surface area (Å²) in [6.45, 7) is -0.502. The molecule has 0 saturated heterocycles. The molecule has 4 rings (SSSR count). The van der Waals surface area contributed by atoms with Gasteiger partial charge in [0.1, 0.15) is 4.21 Å². The van der Waals surface area contributed by atoms with Crippen LogP contribution in [0.25, 0.3) is 11.3 Å². The summed E-state index contributed by atoms with van der Waals surface area (Å²) in [4.78, 5) is 28.8. The van der Waals surface area contributed by atoms with Crippen LogP contribution in [-0.4, -0.2) is 31.9 Å². The van der Waals surface area contributed by atoms with Gasteiger partial charge in [0.25, 0.3) is 15.9 Å². The first-order valence-electron chi connectivity index (χ1n) is 9.76. The fourth-order valence-corrected chi connectivity index (χ4v) is 6.48. The Balaban J connectivity index is 1.29. The van der Waals surface area contributed by atoms with E-state index in [4.69, 9.17) is 16.3 Å². The molecule has 0 unspecified atom stereocenters. The minimum Gasteiger partial charge on any atom is -0.452 e. The summed E-state index contributed by atoms with van der Waals surface area (Å²) in [6.07, 6.45) is 0. The second kappa shape index (κ2) is 10.9. The first-order valence-corrected chi connectivity index (χ1v) is 14.1. The van der Waals surface area contributed by atoms with E-state index in [2.05, 4.69) is 31.0 Å². The van der Waals surface area contributed by atoms with E-state index < -0.39 is 28.5 Å². The number of rotatable bonds is 8. The molecule has 0 saturated carbocycles. The second-order valence-electron chi connectivity index (χ2n) is 6.91. The van der Waals surface area contributed by atoms with Gasteiger partial charge in [0.2, 0.25) is 0 Å². The fraction of sp³-hybridized carbons (Fsp3) is 0.0455. The Labute approximate surface area is 222 Å². The first kappa shape index (κ1) is 25.3. The lowest BCUT2D eigenvalue weighted by molar-refractivity contribution is -0.119. The molecule has 13 heteroatoms. The van der Waals surface area contributed by atoms with Crippen molar-refractivity contribution in [3.8, 4) is 11.3 Å². The summed E-state index contributed by atoms with van der Waals surface area (Å²) in [5, 5.41) is 4.79. The van der Waals surface area contributed by atoms with Crippen LogP contribution in [0.4, 0.5) is 10.8 Å². The number of amides is 1. The average molecular weight is 613 g/mol. The molecule has 0 atom stereocenters. The van der Waals surface area contributed by atoms with Crippen molar-refractivity contribution in [3.05, 3.63) is 80.4 Å². The molecule has 2 heterocycles. The number of sulfonamides is 1. The van der Waals surface area contributed by atoms with E-state index in [1.165, 1.54) is 47.7 Å². The van der Waals surface area contributed by atoms with E-state index >= 15 is 0 Å². The molecule has 4 aromatic rings. The summed E-state index contributed by atoms with van der Waals surface area (Å²) in [6, 6.07) is 16.1. The first-order chi connectivity index (χ1) is 16.7. The Kier molecular flexibility index (Phi) is 7.87. The van der Waals surface area contributed by atoms with Crippen LogP contribution in [0.3, 0.4) is 0 Å². The summed E-state index contributed by atoms with van der Waals surface area (Å²) in [5.41, 5.74) is 2.02. The van der Waals surface area contributed by atoms with Crippen molar-refractivity contribution in [2.75, 3.05) is 16.6 Å². The zero-order valence-electron chi connectivity index (χ0n) is 17.5. The highest BCUT2D eigenvalue weighted by Gasteiger charge is 2.17. The maximum absolute atomic E-state index is 12.4. The Morgan fingerprint density at radius 2 is 1.86 bits per heavy atom.